The van der Waals surface area contributed by atoms with Crippen LogP contribution in [0.4, 0.5) is 0 Å². The molecule has 0 fully saturated rings. The Labute approximate surface area is 198 Å². The van der Waals surface area contributed by atoms with Crippen LogP contribution in [0.3, 0.4) is 0 Å². The van der Waals surface area contributed by atoms with Gasteiger partial charge in [-0.2, -0.15) is 0 Å². The molecule has 0 aliphatic rings. The van der Waals surface area contributed by atoms with E-state index >= 15 is 0 Å². The number of nitrogens with zero attached hydrogens (tertiary/aromatic N) is 1. The second-order valence-electron chi connectivity index (χ2n) is 7.56. The molecule has 0 saturated carbocycles. The highest BCUT2D eigenvalue weighted by Crippen LogP contribution is 2.25. The van der Waals surface area contributed by atoms with Crippen LogP contribution in [0.1, 0.15) is 38.3 Å². The van der Waals surface area contributed by atoms with E-state index in [2.05, 4.69) is 5.32 Å². The van der Waals surface area contributed by atoms with Crippen molar-refractivity contribution in [3.05, 3.63) is 62.6 Å². The van der Waals surface area contributed by atoms with Crippen LogP contribution in [0.5, 0.6) is 5.75 Å². The summed E-state index contributed by atoms with van der Waals surface area (Å²) in [4.78, 5) is 27.5. The van der Waals surface area contributed by atoms with Crippen LogP contribution >= 0.6 is 34.8 Å². The fraction of sp³-hybridized carbons (Fsp3) is 0.391. The number of aryl methyl sites for hydroxylation is 1. The SMILES string of the molecule is CC[C@H](C(=O)NC(C)C)N(Cc1ccc(Cl)c(Cl)c1)C(=O)COc1ccc(Cl)c(C)c1. The molecular formula is C23H27Cl3N2O3. The monoisotopic (exact) mass is 484 g/mol. The van der Waals surface area contributed by atoms with E-state index in [0.717, 1.165) is 11.1 Å². The summed E-state index contributed by atoms with van der Waals surface area (Å²) in [6.45, 7) is 7.46. The van der Waals surface area contributed by atoms with Crippen LogP contribution in [0.15, 0.2) is 36.4 Å². The Morgan fingerprint density at radius 2 is 1.71 bits per heavy atom. The fourth-order valence-corrected chi connectivity index (χ4v) is 3.51. The Morgan fingerprint density at radius 3 is 2.29 bits per heavy atom. The predicted molar refractivity (Wildman–Crippen MR) is 126 cm³/mol. The molecule has 8 heteroatoms. The average molecular weight is 486 g/mol. The van der Waals surface area contributed by atoms with Gasteiger partial charge in [-0.1, -0.05) is 47.8 Å². The number of ether oxygens (including phenoxy) is 1. The van der Waals surface area contributed by atoms with Crippen LogP contribution in [0.25, 0.3) is 0 Å². The molecule has 0 saturated heterocycles. The number of carbonyl (C=O) groups is 2. The van der Waals surface area contributed by atoms with Gasteiger partial charge in [0.2, 0.25) is 5.91 Å². The third-order valence-electron chi connectivity index (χ3n) is 4.65. The number of rotatable bonds is 9. The number of benzene rings is 2. The molecule has 0 aliphatic heterocycles. The van der Waals surface area contributed by atoms with Gasteiger partial charge in [-0.25, -0.2) is 0 Å². The van der Waals surface area contributed by atoms with E-state index in [1.54, 1.807) is 36.4 Å². The summed E-state index contributed by atoms with van der Waals surface area (Å²) < 4.78 is 5.69. The van der Waals surface area contributed by atoms with Crippen LogP contribution < -0.4 is 10.1 Å². The third-order valence-corrected chi connectivity index (χ3v) is 5.81. The molecule has 0 heterocycles. The molecule has 0 spiro atoms. The van der Waals surface area contributed by atoms with E-state index in [9.17, 15) is 9.59 Å². The standard InChI is InChI=1S/C23H27Cl3N2O3/c1-5-21(23(30)27-14(2)3)28(12-16-6-8-19(25)20(26)11-16)22(29)13-31-17-7-9-18(24)15(4)10-17/h6-11,14,21H,5,12-13H2,1-4H3,(H,27,30)/t21-/m1/s1. The second-order valence-corrected chi connectivity index (χ2v) is 8.78. The Balaban J connectivity index is 2.25. The zero-order chi connectivity index (χ0) is 23.1. The summed E-state index contributed by atoms with van der Waals surface area (Å²) in [6.07, 6.45) is 0.450. The lowest BCUT2D eigenvalue weighted by atomic mass is 10.1. The first-order chi connectivity index (χ1) is 14.6. The minimum atomic E-state index is -0.653. The Kier molecular flexibility index (Phi) is 9.48. The van der Waals surface area contributed by atoms with Crippen molar-refractivity contribution in [1.82, 2.24) is 10.2 Å². The normalized spacial score (nSPS) is 11.9. The molecule has 0 bridgehead atoms. The largest absolute Gasteiger partial charge is 0.484 e. The first-order valence-electron chi connectivity index (χ1n) is 10.0. The molecule has 1 N–H and O–H groups in total. The third kappa shape index (κ3) is 7.30. The summed E-state index contributed by atoms with van der Waals surface area (Å²) in [5.41, 5.74) is 1.61. The number of carbonyl (C=O) groups excluding carboxylic acids is 2. The van der Waals surface area contributed by atoms with E-state index < -0.39 is 6.04 Å². The van der Waals surface area contributed by atoms with E-state index in [4.69, 9.17) is 39.5 Å². The fourth-order valence-electron chi connectivity index (χ4n) is 3.07. The van der Waals surface area contributed by atoms with E-state index in [1.165, 1.54) is 4.90 Å². The highest BCUT2D eigenvalue weighted by molar-refractivity contribution is 6.42. The molecule has 2 aromatic rings. The lowest BCUT2D eigenvalue weighted by Gasteiger charge is -2.31. The number of hydrogen-bond donors (Lipinski definition) is 1. The van der Waals surface area contributed by atoms with Crippen molar-refractivity contribution in [1.29, 1.82) is 0 Å². The molecular weight excluding hydrogens is 459 g/mol. The maximum Gasteiger partial charge on any atom is 0.261 e. The maximum atomic E-state index is 13.2. The Morgan fingerprint density at radius 1 is 1.03 bits per heavy atom. The van der Waals surface area contributed by atoms with Crippen LogP contribution in [-0.2, 0) is 16.1 Å². The maximum absolute atomic E-state index is 13.2. The second kappa shape index (κ2) is 11.6. The van der Waals surface area contributed by atoms with Gasteiger partial charge < -0.3 is 15.0 Å². The summed E-state index contributed by atoms with van der Waals surface area (Å²) in [7, 11) is 0. The van der Waals surface area contributed by atoms with E-state index in [1.807, 2.05) is 27.7 Å². The molecule has 5 nitrogen and oxygen atoms in total. The van der Waals surface area contributed by atoms with Gasteiger partial charge in [0.1, 0.15) is 11.8 Å². The smallest absolute Gasteiger partial charge is 0.261 e. The zero-order valence-corrected chi connectivity index (χ0v) is 20.3. The van der Waals surface area contributed by atoms with Gasteiger partial charge in [0.05, 0.1) is 10.0 Å². The molecule has 0 aromatic heterocycles. The first kappa shape index (κ1) is 25.3. The summed E-state index contributed by atoms with van der Waals surface area (Å²) in [5.74, 6) is 0.00194. The Hall–Kier alpha value is -1.95. The molecule has 0 aliphatic carbocycles. The van der Waals surface area contributed by atoms with Gasteiger partial charge >= 0.3 is 0 Å². The van der Waals surface area contributed by atoms with Crippen molar-refractivity contribution in [3.63, 3.8) is 0 Å². The lowest BCUT2D eigenvalue weighted by molar-refractivity contribution is -0.143. The Bertz CT molecular complexity index is 934. The molecule has 0 unspecified atom stereocenters. The molecule has 1 atom stereocenters. The lowest BCUT2D eigenvalue weighted by Crippen LogP contribution is -2.51. The van der Waals surface area contributed by atoms with E-state index in [0.29, 0.717) is 27.2 Å². The zero-order valence-electron chi connectivity index (χ0n) is 18.0. The number of amides is 2. The van der Waals surface area contributed by atoms with Crippen LogP contribution in [-0.4, -0.2) is 35.4 Å². The summed E-state index contributed by atoms with van der Waals surface area (Å²) in [6, 6.07) is 9.64. The summed E-state index contributed by atoms with van der Waals surface area (Å²) in [5, 5.41) is 4.32. The molecule has 31 heavy (non-hydrogen) atoms. The van der Waals surface area contributed by atoms with Crippen molar-refractivity contribution < 1.29 is 14.3 Å². The number of halogens is 3. The van der Waals surface area contributed by atoms with E-state index in [-0.39, 0.29) is 31.0 Å². The van der Waals surface area contributed by atoms with Gasteiger partial charge in [0.25, 0.3) is 5.91 Å². The quantitative estimate of drug-likeness (QED) is 0.498. The topological polar surface area (TPSA) is 58.6 Å². The summed E-state index contributed by atoms with van der Waals surface area (Å²) >= 11 is 18.2. The number of hydrogen-bond acceptors (Lipinski definition) is 3. The van der Waals surface area contributed by atoms with Crippen molar-refractivity contribution in [2.45, 2.75) is 52.7 Å². The van der Waals surface area contributed by atoms with Crippen molar-refractivity contribution >= 4 is 46.6 Å². The molecule has 0 radical (unpaired) electrons. The predicted octanol–water partition coefficient (Wildman–Crippen LogP) is 5.67. The minimum Gasteiger partial charge on any atom is -0.484 e. The highest BCUT2D eigenvalue weighted by atomic mass is 35.5. The van der Waals surface area contributed by atoms with Crippen molar-refractivity contribution in [2.75, 3.05) is 6.61 Å². The van der Waals surface area contributed by atoms with Gasteiger partial charge in [0.15, 0.2) is 6.61 Å². The molecule has 2 amide bonds. The average Bonchev–Trinajstić information content (AvgIpc) is 2.70. The van der Waals surface area contributed by atoms with Crippen LogP contribution in [0.2, 0.25) is 15.1 Å². The van der Waals surface area contributed by atoms with Gasteiger partial charge in [-0.05, 0) is 68.7 Å². The van der Waals surface area contributed by atoms with Crippen molar-refractivity contribution in [2.24, 2.45) is 0 Å². The minimum absolute atomic E-state index is 0.0447. The molecule has 2 rings (SSSR count). The molecule has 168 valence electrons. The van der Waals surface area contributed by atoms with Gasteiger partial charge in [-0.3, -0.25) is 9.59 Å². The highest BCUT2D eigenvalue weighted by Gasteiger charge is 2.29. The number of nitrogens with one attached hydrogen (secondary N) is 1. The van der Waals surface area contributed by atoms with Crippen LogP contribution in [0, 0.1) is 6.92 Å². The van der Waals surface area contributed by atoms with Gasteiger partial charge in [0, 0.05) is 17.6 Å². The van der Waals surface area contributed by atoms with Crippen molar-refractivity contribution in [3.8, 4) is 5.75 Å². The first-order valence-corrected chi connectivity index (χ1v) is 11.2. The molecule has 2 aromatic carbocycles. The van der Waals surface area contributed by atoms with Gasteiger partial charge in [-0.15, -0.1) is 0 Å².